The van der Waals surface area contributed by atoms with Gasteiger partial charge in [0.25, 0.3) is 0 Å². The molecule has 2 bridgehead atoms. The van der Waals surface area contributed by atoms with Gasteiger partial charge in [0.2, 0.25) is 0 Å². The molecule has 2 amide bonds. The molecule has 4 saturated heterocycles. The third-order valence-electron chi connectivity index (χ3n) is 10.8. The molecular formula is C39H45ClF3N7O5S. The van der Waals surface area contributed by atoms with Crippen LogP contribution in [-0.2, 0) is 9.47 Å². The fraction of sp³-hybridized carbons (Fsp3) is 0.564. The Morgan fingerprint density at radius 1 is 1.00 bits per heavy atom. The van der Waals surface area contributed by atoms with Crippen LogP contribution in [-0.4, -0.2) is 105 Å². The van der Waals surface area contributed by atoms with E-state index < -0.39 is 40.6 Å². The molecule has 2 aromatic carbocycles. The first kappa shape index (κ1) is 38.7. The van der Waals surface area contributed by atoms with Crippen LogP contribution in [0.2, 0.25) is 5.02 Å². The Labute approximate surface area is 331 Å². The van der Waals surface area contributed by atoms with Gasteiger partial charge in [-0.1, -0.05) is 22.9 Å². The number of aromatic nitrogens is 3. The van der Waals surface area contributed by atoms with Gasteiger partial charge in [0.15, 0.2) is 10.9 Å². The summed E-state index contributed by atoms with van der Waals surface area (Å²) in [6.45, 7) is 12.7. The van der Waals surface area contributed by atoms with Crippen molar-refractivity contribution in [3.05, 3.63) is 34.9 Å². The normalized spacial score (nSPS) is 23.9. The molecule has 0 radical (unpaired) electrons. The van der Waals surface area contributed by atoms with E-state index in [-0.39, 0.29) is 67.8 Å². The minimum absolute atomic E-state index is 0.00636. The Bertz CT molecular complexity index is 2220. The SMILES string of the molecule is CC(C)(C)OC(=O)Nc1nc2c(-c3c(Cl)cc4c(N5CC6CCC(C5)N6C(=O)OC(C)(C)C)nc(OCC56CCCN5CC(F)C6)nc4c3F)ccc(F)c2s1. The fourth-order valence-electron chi connectivity index (χ4n) is 8.67. The molecule has 4 aromatic rings. The molecule has 12 nitrogen and oxygen atoms in total. The number of anilines is 2. The molecule has 4 atom stereocenters. The number of nitrogens with zero attached hydrogens (tertiary/aromatic N) is 6. The molecule has 300 valence electrons. The van der Waals surface area contributed by atoms with Gasteiger partial charge in [-0.3, -0.25) is 15.1 Å². The zero-order valence-electron chi connectivity index (χ0n) is 32.2. The highest BCUT2D eigenvalue weighted by atomic mass is 35.5. The zero-order chi connectivity index (χ0) is 39.9. The third kappa shape index (κ3) is 7.28. The van der Waals surface area contributed by atoms with Crippen molar-refractivity contribution >= 4 is 67.2 Å². The molecule has 2 aromatic heterocycles. The molecule has 0 aliphatic carbocycles. The predicted molar refractivity (Wildman–Crippen MR) is 209 cm³/mol. The van der Waals surface area contributed by atoms with Crippen molar-refractivity contribution in [1.82, 2.24) is 24.8 Å². The molecule has 4 fully saturated rings. The summed E-state index contributed by atoms with van der Waals surface area (Å²) in [5.74, 6) is -1.03. The third-order valence-corrected chi connectivity index (χ3v) is 12.1. The van der Waals surface area contributed by atoms with Crippen LogP contribution in [0.4, 0.5) is 33.7 Å². The quantitative estimate of drug-likeness (QED) is 0.202. The van der Waals surface area contributed by atoms with Crippen LogP contribution in [0.25, 0.3) is 32.2 Å². The Kier molecular flexibility index (Phi) is 9.71. The van der Waals surface area contributed by atoms with Crippen LogP contribution < -0.4 is 15.0 Å². The number of thiazole rings is 1. The average Bonchev–Trinajstić information content (AvgIpc) is 3.83. The predicted octanol–water partition coefficient (Wildman–Crippen LogP) is 8.73. The molecule has 0 saturated carbocycles. The molecule has 4 unspecified atom stereocenters. The van der Waals surface area contributed by atoms with E-state index in [9.17, 15) is 14.0 Å². The number of benzene rings is 2. The maximum absolute atomic E-state index is 17.3. The van der Waals surface area contributed by atoms with Crippen LogP contribution in [0.15, 0.2) is 18.2 Å². The number of nitrogens with one attached hydrogen (secondary N) is 1. The Hall–Kier alpha value is -4.15. The number of hydrogen-bond acceptors (Lipinski definition) is 11. The Morgan fingerprint density at radius 3 is 2.41 bits per heavy atom. The van der Waals surface area contributed by atoms with Gasteiger partial charge in [-0.25, -0.2) is 27.7 Å². The van der Waals surface area contributed by atoms with Crippen LogP contribution in [0.1, 0.15) is 73.6 Å². The second-order valence-corrected chi connectivity index (χ2v) is 18.6. The average molecular weight is 816 g/mol. The number of amides is 2. The largest absolute Gasteiger partial charge is 0.461 e. The summed E-state index contributed by atoms with van der Waals surface area (Å²) in [6.07, 6.45) is 1.41. The van der Waals surface area contributed by atoms with Gasteiger partial charge in [0.1, 0.15) is 41.1 Å². The molecule has 4 aliphatic heterocycles. The van der Waals surface area contributed by atoms with E-state index in [2.05, 4.69) is 20.2 Å². The maximum Gasteiger partial charge on any atom is 0.413 e. The molecule has 0 spiro atoms. The summed E-state index contributed by atoms with van der Waals surface area (Å²) in [5.41, 5.74) is -1.82. The van der Waals surface area contributed by atoms with Crippen molar-refractivity contribution in [2.24, 2.45) is 0 Å². The van der Waals surface area contributed by atoms with Crippen molar-refractivity contribution in [2.75, 3.05) is 43.0 Å². The van der Waals surface area contributed by atoms with Crippen LogP contribution >= 0.6 is 22.9 Å². The van der Waals surface area contributed by atoms with Crippen LogP contribution in [0, 0.1) is 11.6 Å². The van der Waals surface area contributed by atoms with Gasteiger partial charge in [-0.15, -0.1) is 0 Å². The lowest BCUT2D eigenvalue weighted by molar-refractivity contribution is 0.0122. The van der Waals surface area contributed by atoms with Gasteiger partial charge in [0.05, 0.1) is 32.9 Å². The monoisotopic (exact) mass is 815 g/mol. The number of carbonyl (C=O) groups is 2. The standard InChI is InChI=1S/C39H45ClF3N7O5S/c1-37(2,3)54-35(51)47-34-45-30-23(10-11-26(42)31(30)56-34)27-25(40)14-24-29(28(27)43)44-33(53-19-39-12-7-13-49(39)16-20(41)15-39)46-32(24)48-17-21-8-9-22(18-48)50(21)36(52)55-38(4,5)6/h10-11,14,20-22H,7-9,12-13,15-19H2,1-6H3,(H,45,47,51). The first-order valence-electron chi connectivity index (χ1n) is 19.0. The number of hydrogen-bond donors (Lipinski definition) is 1. The van der Waals surface area contributed by atoms with Gasteiger partial charge in [-0.2, -0.15) is 9.97 Å². The van der Waals surface area contributed by atoms with Gasteiger partial charge >= 0.3 is 18.2 Å². The summed E-state index contributed by atoms with van der Waals surface area (Å²) < 4.78 is 64.6. The number of ether oxygens (including phenoxy) is 3. The van der Waals surface area contributed by atoms with E-state index in [1.54, 1.807) is 31.7 Å². The van der Waals surface area contributed by atoms with Crippen molar-refractivity contribution in [1.29, 1.82) is 0 Å². The van der Waals surface area contributed by atoms with Crippen molar-refractivity contribution < 1.29 is 37.0 Å². The molecule has 4 aliphatic rings. The lowest BCUT2D eigenvalue weighted by Gasteiger charge is -2.42. The van der Waals surface area contributed by atoms with E-state index in [1.807, 2.05) is 25.7 Å². The number of alkyl halides is 1. The smallest absolute Gasteiger partial charge is 0.413 e. The van der Waals surface area contributed by atoms with Crippen molar-refractivity contribution in [2.45, 2.75) is 109 Å². The maximum atomic E-state index is 17.3. The molecular weight excluding hydrogens is 771 g/mol. The second-order valence-electron chi connectivity index (χ2n) is 17.2. The van der Waals surface area contributed by atoms with Crippen LogP contribution in [0.5, 0.6) is 6.01 Å². The van der Waals surface area contributed by atoms with E-state index in [1.165, 1.54) is 12.1 Å². The van der Waals surface area contributed by atoms with E-state index >= 15 is 8.78 Å². The minimum Gasteiger partial charge on any atom is -0.461 e. The number of piperazine rings is 1. The molecule has 6 heterocycles. The highest BCUT2D eigenvalue weighted by Gasteiger charge is 2.50. The number of rotatable bonds is 6. The van der Waals surface area contributed by atoms with E-state index in [0.717, 1.165) is 43.6 Å². The fourth-order valence-corrected chi connectivity index (χ4v) is 9.85. The summed E-state index contributed by atoms with van der Waals surface area (Å²) in [7, 11) is 0. The van der Waals surface area contributed by atoms with E-state index in [0.29, 0.717) is 37.3 Å². The van der Waals surface area contributed by atoms with Crippen molar-refractivity contribution in [3.63, 3.8) is 0 Å². The molecule has 17 heteroatoms. The summed E-state index contributed by atoms with van der Waals surface area (Å²) in [6, 6.07) is 3.73. The number of fused-ring (bicyclic) bond motifs is 5. The topological polar surface area (TPSA) is 122 Å². The van der Waals surface area contributed by atoms with Crippen molar-refractivity contribution in [3.8, 4) is 17.1 Å². The summed E-state index contributed by atoms with van der Waals surface area (Å²) in [4.78, 5) is 45.7. The highest BCUT2D eigenvalue weighted by molar-refractivity contribution is 7.22. The summed E-state index contributed by atoms with van der Waals surface area (Å²) >= 11 is 7.83. The minimum atomic E-state index is -0.969. The van der Waals surface area contributed by atoms with Gasteiger partial charge < -0.3 is 19.1 Å². The lowest BCUT2D eigenvalue weighted by Crippen LogP contribution is -2.57. The Morgan fingerprint density at radius 2 is 1.71 bits per heavy atom. The molecule has 8 rings (SSSR count). The molecule has 56 heavy (non-hydrogen) atoms. The Balaban J connectivity index is 1.20. The van der Waals surface area contributed by atoms with Gasteiger partial charge in [-0.05, 0) is 92.0 Å². The summed E-state index contributed by atoms with van der Waals surface area (Å²) in [5, 5.41) is 2.93. The first-order chi connectivity index (χ1) is 26.4. The zero-order valence-corrected chi connectivity index (χ0v) is 33.8. The van der Waals surface area contributed by atoms with Gasteiger partial charge in [0, 0.05) is 42.6 Å². The number of halogens is 4. The van der Waals surface area contributed by atoms with E-state index in [4.69, 9.17) is 30.8 Å². The van der Waals surface area contributed by atoms with Crippen LogP contribution in [0.3, 0.4) is 0 Å². The first-order valence-corrected chi connectivity index (χ1v) is 20.1. The second kappa shape index (κ2) is 14.0. The highest BCUT2D eigenvalue weighted by Crippen LogP contribution is 2.45. The lowest BCUT2D eigenvalue weighted by atomic mass is 9.95. The number of carbonyl (C=O) groups excluding carboxylic acids is 2. The molecule has 1 N–H and O–H groups in total.